The largest absolute Gasteiger partial charge is 0.324 e. The van der Waals surface area contributed by atoms with Crippen molar-refractivity contribution in [2.24, 2.45) is 5.73 Å². The van der Waals surface area contributed by atoms with Crippen molar-refractivity contribution in [1.29, 1.82) is 0 Å². The predicted octanol–water partition coefficient (Wildman–Crippen LogP) is 3.34. The molecule has 18 heavy (non-hydrogen) atoms. The molecule has 0 aliphatic heterocycles. The van der Waals surface area contributed by atoms with Crippen molar-refractivity contribution in [1.82, 2.24) is 4.90 Å². The molecule has 1 unspecified atom stereocenters. The van der Waals surface area contributed by atoms with E-state index in [-0.39, 0.29) is 11.9 Å². The van der Waals surface area contributed by atoms with Crippen LogP contribution in [0, 0.1) is 5.82 Å². The summed E-state index contributed by atoms with van der Waals surface area (Å²) in [6.45, 7) is 7.53. The molecule has 102 valence electrons. The molecule has 3 heteroatoms. The first-order chi connectivity index (χ1) is 8.67. The number of nitrogens with two attached hydrogens (primary N) is 1. The summed E-state index contributed by atoms with van der Waals surface area (Å²) in [6, 6.07) is 6.54. The normalized spacial score (nSPS) is 12.9. The highest BCUT2D eigenvalue weighted by Gasteiger charge is 2.09. The molecule has 0 aliphatic carbocycles. The smallest absolute Gasteiger partial charge is 0.123 e. The second-order valence-corrected chi connectivity index (χ2v) is 4.74. The molecule has 1 aromatic carbocycles. The van der Waals surface area contributed by atoms with Gasteiger partial charge in [-0.3, -0.25) is 0 Å². The van der Waals surface area contributed by atoms with Crippen LogP contribution < -0.4 is 5.73 Å². The third-order valence-electron chi connectivity index (χ3n) is 3.31. The van der Waals surface area contributed by atoms with Gasteiger partial charge in [0.2, 0.25) is 0 Å². The van der Waals surface area contributed by atoms with Crippen LogP contribution in [-0.2, 0) is 0 Å². The molecule has 1 atom stereocenters. The molecule has 0 spiro atoms. The lowest BCUT2D eigenvalue weighted by molar-refractivity contribution is 0.272. The minimum absolute atomic E-state index is 0.0728. The van der Waals surface area contributed by atoms with Gasteiger partial charge in [-0.2, -0.15) is 0 Å². The third kappa shape index (κ3) is 5.15. The number of benzene rings is 1. The number of hydrogen-bond donors (Lipinski definition) is 1. The molecule has 1 aromatic rings. The summed E-state index contributed by atoms with van der Waals surface area (Å²) >= 11 is 0. The van der Waals surface area contributed by atoms with Crippen LogP contribution in [0.15, 0.2) is 24.3 Å². The molecule has 2 N–H and O–H groups in total. The molecule has 0 bridgehead atoms. The van der Waals surface area contributed by atoms with E-state index in [0.29, 0.717) is 0 Å². The third-order valence-corrected chi connectivity index (χ3v) is 3.31. The minimum Gasteiger partial charge on any atom is -0.324 e. The van der Waals surface area contributed by atoms with Crippen molar-refractivity contribution < 1.29 is 4.39 Å². The summed E-state index contributed by atoms with van der Waals surface area (Å²) in [4.78, 5) is 2.41. The lowest BCUT2D eigenvalue weighted by Crippen LogP contribution is -2.28. The van der Waals surface area contributed by atoms with Crippen LogP contribution in [0.2, 0.25) is 0 Å². The monoisotopic (exact) mass is 252 g/mol. The number of unbranched alkanes of at least 4 members (excludes halogenated alkanes) is 1. The maximum absolute atomic E-state index is 13.1. The van der Waals surface area contributed by atoms with E-state index in [9.17, 15) is 4.39 Å². The Hall–Kier alpha value is -0.930. The van der Waals surface area contributed by atoms with Crippen LogP contribution in [0.4, 0.5) is 4.39 Å². The maximum atomic E-state index is 13.1. The highest BCUT2D eigenvalue weighted by atomic mass is 19.1. The van der Waals surface area contributed by atoms with Crippen LogP contribution in [0.1, 0.15) is 44.7 Å². The van der Waals surface area contributed by atoms with Gasteiger partial charge in [0.1, 0.15) is 5.82 Å². The average Bonchev–Trinajstić information content (AvgIpc) is 2.38. The maximum Gasteiger partial charge on any atom is 0.123 e. The van der Waals surface area contributed by atoms with Crippen molar-refractivity contribution in [2.45, 2.75) is 39.2 Å². The second kappa shape index (κ2) is 8.22. The van der Waals surface area contributed by atoms with Crippen molar-refractivity contribution in [2.75, 3.05) is 19.6 Å². The average molecular weight is 252 g/mol. The Labute approximate surface area is 110 Å². The van der Waals surface area contributed by atoms with E-state index in [2.05, 4.69) is 18.7 Å². The highest BCUT2D eigenvalue weighted by molar-refractivity contribution is 5.19. The van der Waals surface area contributed by atoms with E-state index in [1.807, 2.05) is 6.07 Å². The van der Waals surface area contributed by atoms with E-state index in [1.165, 1.54) is 25.0 Å². The molecule has 1 rings (SSSR count). The van der Waals surface area contributed by atoms with E-state index < -0.39 is 0 Å². The predicted molar refractivity (Wildman–Crippen MR) is 75.0 cm³/mol. The molecule has 0 heterocycles. The fourth-order valence-corrected chi connectivity index (χ4v) is 2.04. The summed E-state index contributed by atoms with van der Waals surface area (Å²) in [7, 11) is 0. The minimum atomic E-state index is -0.207. The van der Waals surface area contributed by atoms with Gasteiger partial charge in [-0.25, -0.2) is 4.39 Å². The van der Waals surface area contributed by atoms with Crippen LogP contribution in [0.3, 0.4) is 0 Å². The van der Waals surface area contributed by atoms with Crippen molar-refractivity contribution in [3.8, 4) is 0 Å². The number of hydrogen-bond acceptors (Lipinski definition) is 2. The van der Waals surface area contributed by atoms with Gasteiger partial charge in [-0.1, -0.05) is 32.4 Å². The van der Waals surface area contributed by atoms with E-state index >= 15 is 0 Å². The van der Waals surface area contributed by atoms with Crippen molar-refractivity contribution in [3.63, 3.8) is 0 Å². The van der Waals surface area contributed by atoms with Gasteiger partial charge in [0, 0.05) is 6.04 Å². The molecule has 0 aromatic heterocycles. The van der Waals surface area contributed by atoms with E-state index in [0.717, 1.165) is 31.6 Å². The van der Waals surface area contributed by atoms with Crippen LogP contribution in [-0.4, -0.2) is 24.5 Å². The second-order valence-electron chi connectivity index (χ2n) is 4.74. The van der Waals surface area contributed by atoms with Crippen LogP contribution >= 0.6 is 0 Å². The zero-order valence-electron chi connectivity index (χ0n) is 11.5. The van der Waals surface area contributed by atoms with Gasteiger partial charge in [0.15, 0.2) is 0 Å². The SMILES string of the molecule is CCCCN(CC)CCC(N)c1cccc(F)c1. The number of rotatable bonds is 8. The molecule has 0 saturated carbocycles. The highest BCUT2D eigenvalue weighted by Crippen LogP contribution is 2.15. The Bertz CT molecular complexity index is 341. The summed E-state index contributed by atoms with van der Waals surface area (Å²) < 4.78 is 13.1. The summed E-state index contributed by atoms with van der Waals surface area (Å²) in [5.74, 6) is -0.207. The first-order valence-corrected chi connectivity index (χ1v) is 6.90. The Morgan fingerprint density at radius 3 is 2.67 bits per heavy atom. The topological polar surface area (TPSA) is 29.3 Å². The zero-order valence-corrected chi connectivity index (χ0v) is 11.5. The van der Waals surface area contributed by atoms with Crippen LogP contribution in [0.5, 0.6) is 0 Å². The molecule has 0 saturated heterocycles. The standard InChI is InChI=1S/C15H25FN2/c1-3-5-10-18(4-2)11-9-15(17)13-7-6-8-14(16)12-13/h6-8,12,15H,3-5,9-11,17H2,1-2H3. The Kier molecular flexibility index (Phi) is 6.91. The molecule has 0 aliphatic rings. The van der Waals surface area contributed by atoms with E-state index in [4.69, 9.17) is 5.73 Å². The van der Waals surface area contributed by atoms with Gasteiger partial charge in [0.05, 0.1) is 0 Å². The molecule has 0 radical (unpaired) electrons. The lowest BCUT2D eigenvalue weighted by atomic mass is 10.0. The van der Waals surface area contributed by atoms with Crippen LogP contribution in [0.25, 0.3) is 0 Å². The summed E-state index contributed by atoms with van der Waals surface area (Å²) in [6.07, 6.45) is 3.32. The molecule has 2 nitrogen and oxygen atoms in total. The zero-order chi connectivity index (χ0) is 13.4. The van der Waals surface area contributed by atoms with Gasteiger partial charge >= 0.3 is 0 Å². The Balaban J connectivity index is 2.42. The van der Waals surface area contributed by atoms with Crippen molar-refractivity contribution >= 4 is 0 Å². The van der Waals surface area contributed by atoms with Gasteiger partial charge in [0.25, 0.3) is 0 Å². The molecular weight excluding hydrogens is 227 g/mol. The van der Waals surface area contributed by atoms with Gasteiger partial charge in [-0.05, 0) is 50.2 Å². The van der Waals surface area contributed by atoms with E-state index in [1.54, 1.807) is 6.07 Å². The Morgan fingerprint density at radius 1 is 1.28 bits per heavy atom. The Morgan fingerprint density at radius 2 is 2.06 bits per heavy atom. The number of halogens is 1. The fourth-order valence-electron chi connectivity index (χ4n) is 2.04. The van der Waals surface area contributed by atoms with Crippen molar-refractivity contribution in [3.05, 3.63) is 35.6 Å². The number of nitrogens with zero attached hydrogens (tertiary/aromatic N) is 1. The van der Waals surface area contributed by atoms with Gasteiger partial charge < -0.3 is 10.6 Å². The molecule has 0 amide bonds. The fraction of sp³-hybridized carbons (Fsp3) is 0.600. The summed E-state index contributed by atoms with van der Waals surface area (Å²) in [5.41, 5.74) is 6.99. The first-order valence-electron chi connectivity index (χ1n) is 6.90. The van der Waals surface area contributed by atoms with Gasteiger partial charge in [-0.15, -0.1) is 0 Å². The molecule has 0 fully saturated rings. The molecular formula is C15H25FN2. The summed E-state index contributed by atoms with van der Waals surface area (Å²) in [5, 5.41) is 0. The first kappa shape index (κ1) is 15.1. The lowest BCUT2D eigenvalue weighted by Gasteiger charge is -2.22. The quantitative estimate of drug-likeness (QED) is 0.769.